The average molecular weight is 220 g/mol. The monoisotopic (exact) mass is 220 g/mol. The standard InChI is InChI=1S/C13H10F2O/c1-8-7-9(16)5-6-10(8)11-3-2-4-12(14)13(11)15/h2-7,16H,1H3. The number of rotatable bonds is 1. The molecule has 0 spiro atoms. The van der Waals surface area contributed by atoms with Gasteiger partial charge in [-0.15, -0.1) is 0 Å². The van der Waals surface area contributed by atoms with E-state index in [-0.39, 0.29) is 11.3 Å². The van der Waals surface area contributed by atoms with Crippen LogP contribution in [0.15, 0.2) is 36.4 Å². The van der Waals surface area contributed by atoms with E-state index in [1.807, 2.05) is 0 Å². The molecular weight excluding hydrogens is 210 g/mol. The van der Waals surface area contributed by atoms with E-state index >= 15 is 0 Å². The Kier molecular flexibility index (Phi) is 2.60. The summed E-state index contributed by atoms with van der Waals surface area (Å²) in [6.45, 7) is 1.74. The molecule has 0 aliphatic carbocycles. The molecule has 0 heterocycles. The lowest BCUT2D eigenvalue weighted by atomic mass is 10.00. The molecule has 0 radical (unpaired) electrons. The predicted molar refractivity (Wildman–Crippen MR) is 58.2 cm³/mol. The van der Waals surface area contributed by atoms with E-state index in [9.17, 15) is 13.9 Å². The number of phenolic OH excluding ortho intramolecular Hbond substituents is 1. The van der Waals surface area contributed by atoms with Gasteiger partial charge in [0, 0.05) is 5.56 Å². The Balaban J connectivity index is 2.63. The van der Waals surface area contributed by atoms with Gasteiger partial charge in [0.2, 0.25) is 0 Å². The molecule has 3 heteroatoms. The number of phenols is 1. The summed E-state index contributed by atoms with van der Waals surface area (Å²) in [6.07, 6.45) is 0. The predicted octanol–water partition coefficient (Wildman–Crippen LogP) is 3.65. The van der Waals surface area contributed by atoms with E-state index < -0.39 is 11.6 Å². The van der Waals surface area contributed by atoms with Crippen molar-refractivity contribution >= 4 is 0 Å². The molecule has 0 aromatic heterocycles. The van der Waals surface area contributed by atoms with Gasteiger partial charge in [0.25, 0.3) is 0 Å². The van der Waals surface area contributed by atoms with Crippen molar-refractivity contribution in [2.75, 3.05) is 0 Å². The molecule has 2 aromatic rings. The van der Waals surface area contributed by atoms with Crippen molar-refractivity contribution in [1.82, 2.24) is 0 Å². The first kappa shape index (κ1) is 10.6. The molecule has 0 unspecified atom stereocenters. The minimum atomic E-state index is -0.870. The van der Waals surface area contributed by atoms with Crippen LogP contribution in [0.5, 0.6) is 5.75 Å². The molecule has 0 amide bonds. The summed E-state index contributed by atoms with van der Waals surface area (Å²) in [5.41, 5.74) is 1.48. The number of aryl methyl sites for hydroxylation is 1. The van der Waals surface area contributed by atoms with E-state index in [1.54, 1.807) is 13.0 Å². The quantitative estimate of drug-likeness (QED) is 0.777. The zero-order valence-corrected chi connectivity index (χ0v) is 8.67. The van der Waals surface area contributed by atoms with Gasteiger partial charge in [-0.3, -0.25) is 0 Å². The van der Waals surface area contributed by atoms with Crippen LogP contribution in [0.1, 0.15) is 5.56 Å². The summed E-state index contributed by atoms with van der Waals surface area (Å²) in [7, 11) is 0. The van der Waals surface area contributed by atoms with E-state index in [4.69, 9.17) is 0 Å². The zero-order valence-electron chi connectivity index (χ0n) is 8.67. The van der Waals surface area contributed by atoms with E-state index in [2.05, 4.69) is 0 Å². The Hall–Kier alpha value is -1.90. The fourth-order valence-corrected chi connectivity index (χ4v) is 1.66. The fourth-order valence-electron chi connectivity index (χ4n) is 1.66. The van der Waals surface area contributed by atoms with Gasteiger partial charge in [-0.1, -0.05) is 18.2 Å². The number of hydrogen-bond acceptors (Lipinski definition) is 1. The molecule has 1 N–H and O–H groups in total. The minimum Gasteiger partial charge on any atom is -0.508 e. The van der Waals surface area contributed by atoms with Gasteiger partial charge in [0.15, 0.2) is 11.6 Å². The van der Waals surface area contributed by atoms with E-state index in [0.717, 1.165) is 6.07 Å². The van der Waals surface area contributed by atoms with Crippen LogP contribution in [0.3, 0.4) is 0 Å². The maximum atomic E-state index is 13.5. The van der Waals surface area contributed by atoms with Gasteiger partial charge < -0.3 is 5.11 Å². The van der Waals surface area contributed by atoms with Crippen molar-refractivity contribution in [2.45, 2.75) is 6.92 Å². The SMILES string of the molecule is Cc1cc(O)ccc1-c1cccc(F)c1F. The van der Waals surface area contributed by atoms with Crippen LogP contribution in [-0.2, 0) is 0 Å². The molecule has 0 aliphatic rings. The van der Waals surface area contributed by atoms with Crippen molar-refractivity contribution in [1.29, 1.82) is 0 Å². The molecule has 0 bridgehead atoms. The Morgan fingerprint density at radius 1 is 1.00 bits per heavy atom. The van der Waals surface area contributed by atoms with Crippen LogP contribution in [0.4, 0.5) is 8.78 Å². The van der Waals surface area contributed by atoms with Crippen LogP contribution in [0, 0.1) is 18.6 Å². The highest BCUT2D eigenvalue weighted by atomic mass is 19.2. The third kappa shape index (κ3) is 1.76. The molecule has 1 nitrogen and oxygen atoms in total. The first-order valence-corrected chi connectivity index (χ1v) is 4.83. The van der Waals surface area contributed by atoms with Crippen LogP contribution in [0.2, 0.25) is 0 Å². The largest absolute Gasteiger partial charge is 0.508 e. The Labute approximate surface area is 92.0 Å². The summed E-state index contributed by atoms with van der Waals surface area (Å²) < 4.78 is 26.6. The van der Waals surface area contributed by atoms with Crippen LogP contribution in [-0.4, -0.2) is 5.11 Å². The molecular formula is C13H10F2O. The van der Waals surface area contributed by atoms with Gasteiger partial charge in [-0.05, 0) is 36.2 Å². The first-order valence-electron chi connectivity index (χ1n) is 4.83. The van der Waals surface area contributed by atoms with Gasteiger partial charge in [-0.25, -0.2) is 8.78 Å². The molecule has 0 fully saturated rings. The molecule has 82 valence electrons. The zero-order chi connectivity index (χ0) is 11.7. The molecule has 2 rings (SSSR count). The van der Waals surface area contributed by atoms with Gasteiger partial charge >= 0.3 is 0 Å². The molecule has 0 atom stereocenters. The summed E-state index contributed by atoms with van der Waals surface area (Å²) in [5.74, 6) is -1.63. The molecule has 0 aliphatic heterocycles. The number of benzene rings is 2. The van der Waals surface area contributed by atoms with Crippen LogP contribution in [0.25, 0.3) is 11.1 Å². The normalized spacial score (nSPS) is 10.4. The van der Waals surface area contributed by atoms with Crippen molar-refractivity contribution in [3.05, 3.63) is 53.6 Å². The van der Waals surface area contributed by atoms with Gasteiger partial charge in [0.05, 0.1) is 0 Å². The fraction of sp³-hybridized carbons (Fsp3) is 0.0769. The summed E-state index contributed by atoms with van der Waals surface area (Å²) in [6, 6.07) is 8.58. The lowest BCUT2D eigenvalue weighted by Crippen LogP contribution is -1.91. The second-order valence-electron chi connectivity index (χ2n) is 3.60. The van der Waals surface area contributed by atoms with Crippen molar-refractivity contribution < 1.29 is 13.9 Å². The van der Waals surface area contributed by atoms with E-state index in [0.29, 0.717) is 11.1 Å². The summed E-state index contributed by atoms with van der Waals surface area (Å²) in [4.78, 5) is 0. The van der Waals surface area contributed by atoms with E-state index in [1.165, 1.54) is 24.3 Å². The number of aromatic hydroxyl groups is 1. The second-order valence-corrected chi connectivity index (χ2v) is 3.60. The van der Waals surface area contributed by atoms with Crippen molar-refractivity contribution in [3.8, 4) is 16.9 Å². The molecule has 0 saturated carbocycles. The maximum Gasteiger partial charge on any atom is 0.166 e. The lowest BCUT2D eigenvalue weighted by molar-refractivity contribution is 0.475. The van der Waals surface area contributed by atoms with Crippen molar-refractivity contribution in [2.24, 2.45) is 0 Å². The number of hydrogen-bond donors (Lipinski definition) is 1. The van der Waals surface area contributed by atoms with Gasteiger partial charge in [-0.2, -0.15) is 0 Å². The third-order valence-corrected chi connectivity index (χ3v) is 2.45. The van der Waals surface area contributed by atoms with Gasteiger partial charge in [0.1, 0.15) is 5.75 Å². The highest BCUT2D eigenvalue weighted by Gasteiger charge is 2.11. The molecule has 0 saturated heterocycles. The smallest absolute Gasteiger partial charge is 0.166 e. The minimum absolute atomic E-state index is 0.109. The van der Waals surface area contributed by atoms with Crippen LogP contribution < -0.4 is 0 Å². The van der Waals surface area contributed by atoms with Crippen molar-refractivity contribution in [3.63, 3.8) is 0 Å². The number of halogens is 2. The van der Waals surface area contributed by atoms with Crippen LogP contribution >= 0.6 is 0 Å². The lowest BCUT2D eigenvalue weighted by Gasteiger charge is -2.08. The highest BCUT2D eigenvalue weighted by molar-refractivity contribution is 5.68. The Bertz CT molecular complexity index is 535. The first-order chi connectivity index (χ1) is 7.59. The average Bonchev–Trinajstić information content (AvgIpc) is 2.23. The topological polar surface area (TPSA) is 20.2 Å². The summed E-state index contributed by atoms with van der Waals surface area (Å²) in [5, 5.41) is 9.24. The second kappa shape index (κ2) is 3.93. The molecule has 2 aromatic carbocycles. The maximum absolute atomic E-state index is 13.5. The highest BCUT2D eigenvalue weighted by Crippen LogP contribution is 2.29. The summed E-state index contributed by atoms with van der Waals surface area (Å²) >= 11 is 0. The Morgan fingerprint density at radius 2 is 1.75 bits per heavy atom. The third-order valence-electron chi connectivity index (χ3n) is 2.45. The molecule has 16 heavy (non-hydrogen) atoms. The Morgan fingerprint density at radius 3 is 2.44 bits per heavy atom.